The summed E-state index contributed by atoms with van der Waals surface area (Å²) in [5.41, 5.74) is 1.11. The van der Waals surface area contributed by atoms with E-state index in [2.05, 4.69) is 85.8 Å². The number of carbonyl (C=O) groups excluding carboxylic acids is 1. The van der Waals surface area contributed by atoms with Crippen molar-refractivity contribution in [1.82, 2.24) is 0 Å². The Morgan fingerprint density at radius 2 is 1.00 bits per heavy atom. The van der Waals surface area contributed by atoms with Crippen LogP contribution in [-0.2, 0) is 4.79 Å². The van der Waals surface area contributed by atoms with Gasteiger partial charge < -0.3 is 0 Å². The Labute approximate surface area is 160 Å². The number of benzene rings is 3. The zero-order valence-corrected chi connectivity index (χ0v) is 16.1. The van der Waals surface area contributed by atoms with Gasteiger partial charge in [0, 0.05) is 5.29 Å². The van der Waals surface area contributed by atoms with Gasteiger partial charge in [-0.25, -0.2) is 0 Å². The Morgan fingerprint density at radius 3 is 1.41 bits per heavy atom. The van der Waals surface area contributed by atoms with Crippen molar-refractivity contribution in [2.45, 2.75) is 6.92 Å². The van der Waals surface area contributed by atoms with Crippen molar-refractivity contribution in [3.05, 3.63) is 115 Å². The lowest BCUT2D eigenvalue weighted by atomic mass is 10.1. The summed E-state index contributed by atoms with van der Waals surface area (Å²) in [7, 11) is 0. The standard InChI is InChI=1S/C25H21OP/c1-20-17-18-24(26)25(19-20)27(21-11-5-2-6-12-21,22-13-7-3-8-14-22)23-15-9-4-10-16-23/h2-19H,1H3. The Hall–Kier alpha value is -2.89. The molecular weight excluding hydrogens is 347 g/mol. The van der Waals surface area contributed by atoms with Gasteiger partial charge in [0.15, 0.2) is 5.78 Å². The minimum Gasteiger partial charge on any atom is -0.289 e. The van der Waals surface area contributed by atoms with Crippen molar-refractivity contribution in [1.29, 1.82) is 0 Å². The molecule has 0 unspecified atom stereocenters. The molecule has 0 spiro atoms. The first kappa shape index (κ1) is 17.5. The van der Waals surface area contributed by atoms with Crippen LogP contribution >= 0.6 is 6.89 Å². The first-order valence-electron chi connectivity index (χ1n) is 9.07. The van der Waals surface area contributed by atoms with E-state index >= 15 is 0 Å². The topological polar surface area (TPSA) is 17.1 Å². The van der Waals surface area contributed by atoms with Gasteiger partial charge in [0.1, 0.15) is 0 Å². The number of ketones is 1. The quantitative estimate of drug-likeness (QED) is 0.632. The lowest BCUT2D eigenvalue weighted by molar-refractivity contribution is -0.108. The van der Waals surface area contributed by atoms with E-state index in [1.165, 1.54) is 15.9 Å². The fourth-order valence-electron chi connectivity index (χ4n) is 3.71. The second-order valence-corrected chi connectivity index (χ2v) is 10.0. The van der Waals surface area contributed by atoms with E-state index in [1.54, 1.807) is 6.08 Å². The number of hydrogen-bond acceptors (Lipinski definition) is 1. The van der Waals surface area contributed by atoms with Crippen molar-refractivity contribution in [2.24, 2.45) is 0 Å². The molecule has 0 aromatic heterocycles. The smallest absolute Gasteiger partial charge is 0.186 e. The van der Waals surface area contributed by atoms with Gasteiger partial charge >= 0.3 is 0 Å². The Morgan fingerprint density at radius 1 is 0.593 bits per heavy atom. The molecule has 0 saturated heterocycles. The zero-order chi connectivity index (χ0) is 18.7. The van der Waals surface area contributed by atoms with E-state index in [0.29, 0.717) is 0 Å². The van der Waals surface area contributed by atoms with E-state index < -0.39 is 6.89 Å². The first-order chi connectivity index (χ1) is 13.2. The minimum atomic E-state index is -2.28. The predicted octanol–water partition coefficient (Wildman–Crippen LogP) is 4.24. The van der Waals surface area contributed by atoms with Gasteiger partial charge in [-0.05, 0) is 41.9 Å². The van der Waals surface area contributed by atoms with Crippen LogP contribution in [0.4, 0.5) is 0 Å². The van der Waals surface area contributed by atoms with Crippen molar-refractivity contribution in [3.63, 3.8) is 0 Å². The van der Waals surface area contributed by atoms with Gasteiger partial charge in [0.05, 0.1) is 0 Å². The monoisotopic (exact) mass is 368 g/mol. The van der Waals surface area contributed by atoms with Crippen molar-refractivity contribution in [2.75, 3.05) is 0 Å². The van der Waals surface area contributed by atoms with Crippen LogP contribution in [0.5, 0.6) is 0 Å². The molecular formula is C25H21OP. The van der Waals surface area contributed by atoms with E-state index in [1.807, 2.05) is 24.3 Å². The van der Waals surface area contributed by atoms with Crippen LogP contribution in [0.3, 0.4) is 0 Å². The van der Waals surface area contributed by atoms with Crippen LogP contribution in [0.15, 0.2) is 115 Å². The molecule has 1 nitrogen and oxygen atoms in total. The maximum absolute atomic E-state index is 13.2. The van der Waals surface area contributed by atoms with Crippen LogP contribution in [0.1, 0.15) is 6.92 Å². The molecule has 0 amide bonds. The average molecular weight is 368 g/mol. The average Bonchev–Trinajstić information content (AvgIpc) is 2.73. The van der Waals surface area contributed by atoms with Gasteiger partial charge in [0.25, 0.3) is 0 Å². The highest BCUT2D eigenvalue weighted by Gasteiger charge is 2.31. The summed E-state index contributed by atoms with van der Waals surface area (Å²) in [6.07, 6.45) is 5.71. The van der Waals surface area contributed by atoms with E-state index in [0.717, 1.165) is 10.9 Å². The lowest BCUT2D eigenvalue weighted by Crippen LogP contribution is -2.33. The van der Waals surface area contributed by atoms with Crippen LogP contribution < -0.4 is 15.9 Å². The van der Waals surface area contributed by atoms with Gasteiger partial charge in [-0.2, -0.15) is 0 Å². The third-order valence-electron chi connectivity index (χ3n) is 4.91. The number of allylic oxidation sites excluding steroid dienone is 4. The van der Waals surface area contributed by atoms with Gasteiger partial charge in [-0.1, -0.05) is 103 Å². The molecule has 0 aliphatic heterocycles. The van der Waals surface area contributed by atoms with Crippen LogP contribution in [0.2, 0.25) is 0 Å². The third-order valence-corrected chi connectivity index (χ3v) is 9.20. The molecule has 0 heterocycles. The fourth-order valence-corrected chi connectivity index (χ4v) is 8.10. The van der Waals surface area contributed by atoms with E-state index in [9.17, 15) is 4.79 Å². The molecule has 0 atom stereocenters. The second kappa shape index (κ2) is 7.39. The molecule has 3 aromatic rings. The zero-order valence-electron chi connectivity index (χ0n) is 15.2. The van der Waals surface area contributed by atoms with Gasteiger partial charge in [-0.3, -0.25) is 4.79 Å². The normalized spacial score (nSPS) is 14.2. The SMILES string of the molecule is CC1=CC(=P(c2ccccc2)(c2ccccc2)c2ccccc2)C(=O)C=C1. The lowest BCUT2D eigenvalue weighted by Gasteiger charge is -2.32. The Bertz CT molecular complexity index is 972. The third kappa shape index (κ3) is 3.05. The molecule has 1 aliphatic carbocycles. The summed E-state index contributed by atoms with van der Waals surface area (Å²) in [6, 6.07) is 31.5. The number of rotatable bonds is 3. The molecule has 4 rings (SSSR count). The molecule has 132 valence electrons. The summed E-state index contributed by atoms with van der Waals surface area (Å²) in [4.78, 5) is 13.2. The molecule has 0 bridgehead atoms. The highest BCUT2D eigenvalue weighted by Crippen LogP contribution is 2.47. The van der Waals surface area contributed by atoms with Crippen molar-refractivity contribution < 1.29 is 4.79 Å². The largest absolute Gasteiger partial charge is 0.289 e. The van der Waals surface area contributed by atoms with E-state index in [4.69, 9.17) is 0 Å². The van der Waals surface area contributed by atoms with Crippen LogP contribution in [-0.4, -0.2) is 11.1 Å². The number of hydrogen-bond donors (Lipinski definition) is 0. The molecule has 1 aliphatic rings. The highest BCUT2D eigenvalue weighted by atomic mass is 31.2. The fraction of sp³-hybridized carbons (Fsp3) is 0.0400. The molecule has 0 radical (unpaired) electrons. The summed E-state index contributed by atoms with van der Waals surface area (Å²) in [5, 5.41) is 4.49. The van der Waals surface area contributed by atoms with E-state index in [-0.39, 0.29) is 5.78 Å². The maximum Gasteiger partial charge on any atom is 0.186 e. The summed E-state index contributed by atoms with van der Waals surface area (Å²) >= 11 is 0. The van der Waals surface area contributed by atoms with Gasteiger partial charge in [0.2, 0.25) is 0 Å². The molecule has 0 saturated carbocycles. The Kier molecular flexibility index (Phi) is 4.79. The van der Waals surface area contributed by atoms with Crippen LogP contribution in [0, 0.1) is 0 Å². The molecule has 2 heteroatoms. The maximum atomic E-state index is 13.2. The molecule has 0 fully saturated rings. The minimum absolute atomic E-state index is 0.102. The summed E-state index contributed by atoms with van der Waals surface area (Å²) in [6.45, 7) is -0.229. The Balaban J connectivity index is 2.25. The van der Waals surface area contributed by atoms with Gasteiger partial charge in [-0.15, -0.1) is 0 Å². The van der Waals surface area contributed by atoms with Crippen molar-refractivity contribution in [3.8, 4) is 0 Å². The predicted molar refractivity (Wildman–Crippen MR) is 118 cm³/mol. The first-order valence-corrected chi connectivity index (χ1v) is 10.9. The van der Waals surface area contributed by atoms with Crippen LogP contribution in [0.25, 0.3) is 0 Å². The molecule has 27 heavy (non-hydrogen) atoms. The second-order valence-electron chi connectivity index (χ2n) is 6.65. The number of carbonyl (C=O) groups is 1. The highest BCUT2D eigenvalue weighted by molar-refractivity contribution is 7.96. The summed E-state index contributed by atoms with van der Waals surface area (Å²) in [5.74, 6) is 0.102. The molecule has 0 N–H and O–H groups in total. The molecule has 3 aromatic carbocycles. The summed E-state index contributed by atoms with van der Waals surface area (Å²) < 4.78 is 0. The van der Waals surface area contributed by atoms with Crippen molar-refractivity contribution >= 4 is 33.9 Å².